The highest BCUT2D eigenvalue weighted by atomic mass is 16.5. The number of oxazole rings is 1. The van der Waals surface area contributed by atoms with Crippen LogP contribution in [0.3, 0.4) is 0 Å². The third-order valence-electron chi connectivity index (χ3n) is 6.11. The van der Waals surface area contributed by atoms with E-state index in [0.717, 1.165) is 46.0 Å². The van der Waals surface area contributed by atoms with Crippen LogP contribution < -0.4 is 10.1 Å². The van der Waals surface area contributed by atoms with Crippen molar-refractivity contribution in [2.45, 2.75) is 25.7 Å². The molecule has 0 spiro atoms. The summed E-state index contributed by atoms with van der Waals surface area (Å²) in [5.41, 5.74) is 4.57. The van der Waals surface area contributed by atoms with E-state index in [1.807, 2.05) is 91.9 Å². The highest BCUT2D eigenvalue weighted by Crippen LogP contribution is 2.33. The van der Waals surface area contributed by atoms with Gasteiger partial charge in [-0.05, 0) is 54.9 Å². The maximum absolute atomic E-state index is 10.7. The van der Waals surface area contributed by atoms with Crippen LogP contribution in [0, 0.1) is 5.92 Å². The molecule has 3 unspecified atom stereocenters. The van der Waals surface area contributed by atoms with Crippen molar-refractivity contribution in [3.05, 3.63) is 120 Å². The first kappa shape index (κ1) is 22.7. The molecular formula is C30H28N2O3. The molecule has 176 valence electrons. The summed E-state index contributed by atoms with van der Waals surface area (Å²) in [4.78, 5) is 4.57. The summed E-state index contributed by atoms with van der Waals surface area (Å²) in [5.74, 6) is 1.96. The molecule has 0 bridgehead atoms. The van der Waals surface area contributed by atoms with Crippen LogP contribution in [-0.2, 0) is 0 Å². The van der Waals surface area contributed by atoms with Crippen molar-refractivity contribution in [3.8, 4) is 5.75 Å². The van der Waals surface area contributed by atoms with Crippen LogP contribution in [0.4, 0.5) is 5.69 Å². The minimum Gasteiger partial charge on any atom is -0.465 e. The van der Waals surface area contributed by atoms with Crippen LogP contribution in [-0.4, -0.2) is 22.4 Å². The Morgan fingerprint density at radius 1 is 1.17 bits per heavy atom. The third-order valence-corrected chi connectivity index (χ3v) is 6.11. The number of aliphatic hydroxyl groups excluding tert-OH is 1. The molecule has 0 saturated carbocycles. The number of allylic oxidation sites excluding steroid dienone is 9. The van der Waals surface area contributed by atoms with E-state index in [4.69, 9.17) is 9.15 Å². The van der Waals surface area contributed by atoms with Gasteiger partial charge < -0.3 is 19.6 Å². The molecule has 5 rings (SSSR count). The maximum Gasteiger partial charge on any atom is 0.227 e. The van der Waals surface area contributed by atoms with Crippen LogP contribution in [0.1, 0.15) is 30.7 Å². The minimum absolute atomic E-state index is 0.158. The Bertz CT molecular complexity index is 1280. The van der Waals surface area contributed by atoms with Crippen LogP contribution in [0.2, 0.25) is 0 Å². The molecule has 0 fully saturated rings. The van der Waals surface area contributed by atoms with E-state index >= 15 is 0 Å². The second-order valence-corrected chi connectivity index (χ2v) is 8.64. The summed E-state index contributed by atoms with van der Waals surface area (Å²) in [6.45, 7) is 5.95. The first-order valence-corrected chi connectivity index (χ1v) is 11.7. The fraction of sp³-hybridized carbons (Fsp3) is 0.167. The number of aromatic nitrogens is 1. The van der Waals surface area contributed by atoms with Crippen molar-refractivity contribution in [2.24, 2.45) is 5.92 Å². The monoisotopic (exact) mass is 464 g/mol. The number of rotatable bonds is 6. The molecule has 2 aromatic rings. The molecule has 2 heterocycles. The lowest BCUT2D eigenvalue weighted by atomic mass is 9.93. The van der Waals surface area contributed by atoms with Gasteiger partial charge in [0.15, 0.2) is 12.0 Å². The van der Waals surface area contributed by atoms with Crippen molar-refractivity contribution in [1.29, 1.82) is 0 Å². The third kappa shape index (κ3) is 5.05. The molecule has 2 aliphatic carbocycles. The van der Waals surface area contributed by atoms with E-state index < -0.39 is 6.10 Å². The van der Waals surface area contributed by atoms with Gasteiger partial charge >= 0.3 is 0 Å². The summed E-state index contributed by atoms with van der Waals surface area (Å²) in [7, 11) is 0. The van der Waals surface area contributed by atoms with E-state index in [0.29, 0.717) is 5.89 Å². The molecule has 0 saturated heterocycles. The summed E-state index contributed by atoms with van der Waals surface area (Å²) in [6, 6.07) is 7.91. The quantitative estimate of drug-likeness (QED) is 0.479. The Morgan fingerprint density at radius 2 is 2.03 bits per heavy atom. The van der Waals surface area contributed by atoms with Crippen molar-refractivity contribution >= 4 is 23.4 Å². The molecule has 5 nitrogen and oxygen atoms in total. The van der Waals surface area contributed by atoms with Crippen LogP contribution in [0.5, 0.6) is 5.75 Å². The van der Waals surface area contributed by atoms with Gasteiger partial charge in [0.25, 0.3) is 0 Å². The fourth-order valence-corrected chi connectivity index (χ4v) is 4.06. The van der Waals surface area contributed by atoms with Gasteiger partial charge in [0.1, 0.15) is 11.4 Å². The molecule has 5 heteroatoms. The smallest absolute Gasteiger partial charge is 0.227 e. The van der Waals surface area contributed by atoms with E-state index in [1.54, 1.807) is 12.2 Å². The molecule has 0 amide bonds. The SMILES string of the molecule is C=C/C(C=CC1C=CC(c2nc3c(o2)C=CCC=C3)=CC1O)=C\C=C(/C)C1Nc2ccccc2O1. The number of hydrogen-bond acceptors (Lipinski definition) is 5. The van der Waals surface area contributed by atoms with Crippen LogP contribution in [0.15, 0.2) is 107 Å². The second-order valence-electron chi connectivity index (χ2n) is 8.64. The highest BCUT2D eigenvalue weighted by molar-refractivity contribution is 5.73. The first-order valence-electron chi connectivity index (χ1n) is 11.7. The van der Waals surface area contributed by atoms with E-state index in [2.05, 4.69) is 16.9 Å². The molecule has 1 aliphatic heterocycles. The zero-order valence-corrected chi connectivity index (χ0v) is 19.6. The summed E-state index contributed by atoms with van der Waals surface area (Å²) in [5, 5.41) is 14.1. The van der Waals surface area contributed by atoms with E-state index in [-0.39, 0.29) is 12.1 Å². The second kappa shape index (κ2) is 10.0. The summed E-state index contributed by atoms with van der Waals surface area (Å²) < 4.78 is 11.9. The number of aliphatic hydroxyl groups is 1. The number of nitrogens with zero attached hydrogens (tertiary/aromatic N) is 1. The summed E-state index contributed by atoms with van der Waals surface area (Å²) >= 11 is 0. The average molecular weight is 465 g/mol. The number of anilines is 1. The van der Waals surface area contributed by atoms with Crippen LogP contribution >= 0.6 is 0 Å². The van der Waals surface area contributed by atoms with Gasteiger partial charge in [-0.15, -0.1) is 0 Å². The number of fused-ring (bicyclic) bond motifs is 2. The van der Waals surface area contributed by atoms with Gasteiger partial charge in [-0.1, -0.05) is 73.4 Å². The lowest BCUT2D eigenvalue weighted by molar-refractivity contribution is 0.196. The van der Waals surface area contributed by atoms with Crippen molar-refractivity contribution in [1.82, 2.24) is 4.98 Å². The Balaban J connectivity index is 1.24. The molecule has 3 aliphatic rings. The molecule has 0 radical (unpaired) electrons. The minimum atomic E-state index is -0.679. The standard InChI is InChI=1S/C30H28N2O3/c1-3-21(14-13-20(2)29-31-24-10-7-8-12-27(24)34-29)15-16-22-17-18-23(19-26(22)33)30-32-25-9-5-4-6-11-28(25)35-30/h3,5-19,22,26,29,31,33H,1,4H2,2H3/b16-15?,20-13+,21-14+. The predicted octanol–water partition coefficient (Wildman–Crippen LogP) is 6.48. The molecule has 2 N–H and O–H groups in total. The average Bonchev–Trinajstić information content (AvgIpc) is 3.43. The van der Waals surface area contributed by atoms with Gasteiger partial charge in [-0.3, -0.25) is 0 Å². The molecule has 3 atom stereocenters. The molecule has 1 aromatic heterocycles. The predicted molar refractivity (Wildman–Crippen MR) is 141 cm³/mol. The van der Waals surface area contributed by atoms with Crippen molar-refractivity contribution in [3.63, 3.8) is 0 Å². The number of hydrogen-bond donors (Lipinski definition) is 2. The normalized spacial score (nSPS) is 23.4. The van der Waals surface area contributed by atoms with Crippen molar-refractivity contribution in [2.75, 3.05) is 5.32 Å². The Morgan fingerprint density at radius 3 is 2.86 bits per heavy atom. The largest absolute Gasteiger partial charge is 0.465 e. The zero-order valence-electron chi connectivity index (χ0n) is 19.6. The Hall–Kier alpha value is -4.09. The van der Waals surface area contributed by atoms with Crippen LogP contribution in [0.25, 0.3) is 17.7 Å². The highest BCUT2D eigenvalue weighted by Gasteiger charge is 2.22. The number of benzene rings is 1. The lowest BCUT2D eigenvalue weighted by Gasteiger charge is -2.18. The molecule has 1 aromatic carbocycles. The number of ether oxygens (including phenoxy) is 1. The number of para-hydroxylation sites is 2. The fourth-order valence-electron chi connectivity index (χ4n) is 4.06. The number of nitrogens with one attached hydrogen (secondary N) is 1. The maximum atomic E-state index is 10.7. The Kier molecular flexibility index (Phi) is 6.51. The van der Waals surface area contributed by atoms with Gasteiger partial charge in [-0.25, -0.2) is 4.98 Å². The Labute approximate surface area is 205 Å². The lowest BCUT2D eigenvalue weighted by Crippen LogP contribution is -2.21. The molecule has 35 heavy (non-hydrogen) atoms. The molecular weight excluding hydrogens is 436 g/mol. The van der Waals surface area contributed by atoms with Gasteiger partial charge in [0.2, 0.25) is 5.89 Å². The summed E-state index contributed by atoms with van der Waals surface area (Å²) in [6.07, 6.45) is 23.4. The van der Waals surface area contributed by atoms with Crippen molar-refractivity contribution < 1.29 is 14.3 Å². The first-order chi connectivity index (χ1) is 17.1. The topological polar surface area (TPSA) is 67.5 Å². The van der Waals surface area contributed by atoms with E-state index in [1.165, 1.54) is 0 Å². The zero-order chi connectivity index (χ0) is 24.2. The van der Waals surface area contributed by atoms with E-state index in [9.17, 15) is 5.11 Å². The van der Waals surface area contributed by atoms with Gasteiger partial charge in [0, 0.05) is 11.5 Å². The van der Waals surface area contributed by atoms with Gasteiger partial charge in [-0.2, -0.15) is 0 Å². The van der Waals surface area contributed by atoms with Gasteiger partial charge in [0.05, 0.1) is 11.8 Å².